The summed E-state index contributed by atoms with van der Waals surface area (Å²) in [7, 11) is 0. The largest absolute Gasteiger partial charge is 0.333 e. The summed E-state index contributed by atoms with van der Waals surface area (Å²) in [6.45, 7) is 11.0. The highest BCUT2D eigenvalue weighted by molar-refractivity contribution is 7.99. The summed E-state index contributed by atoms with van der Waals surface area (Å²) in [5, 5.41) is 14.7. The van der Waals surface area contributed by atoms with Crippen LogP contribution in [0.25, 0.3) is 0 Å². The second kappa shape index (κ2) is 12.6. The van der Waals surface area contributed by atoms with Crippen molar-refractivity contribution >= 4 is 23.7 Å². The van der Waals surface area contributed by atoms with Crippen LogP contribution in [-0.4, -0.2) is 125 Å². The number of amides is 3. The Balaban J connectivity index is 1.25. The molecule has 0 aromatic carbocycles. The molecule has 2 bridgehead atoms. The zero-order valence-corrected chi connectivity index (χ0v) is 27.0. The average Bonchev–Trinajstić information content (AvgIpc) is 3.81. The number of carbonyl (C=O) groups is 2. The van der Waals surface area contributed by atoms with Crippen LogP contribution in [0.15, 0.2) is 12.7 Å². The number of hydrogen-bond acceptors (Lipinski definition) is 7. The lowest BCUT2D eigenvalue weighted by atomic mass is 9.72. The first-order valence-corrected chi connectivity index (χ1v) is 18.2. The number of nitrogens with one attached hydrogen (secondary N) is 4. The lowest BCUT2D eigenvalue weighted by molar-refractivity contribution is -0.130. The van der Waals surface area contributed by atoms with E-state index in [1.54, 1.807) is 0 Å². The molecule has 12 unspecified atom stereocenters. The molecule has 4 N–H and O–H groups in total. The fraction of sp³-hybridized carbons (Fsp3) is 0.875. The molecule has 5 aliphatic heterocycles. The van der Waals surface area contributed by atoms with Crippen molar-refractivity contribution in [2.45, 2.75) is 125 Å². The summed E-state index contributed by atoms with van der Waals surface area (Å²) in [6, 6.07) is -0.572. The topological polar surface area (TPSA) is 92.0 Å². The normalized spacial score (nSPS) is 46.3. The number of carbonyl (C=O) groups excluding carboxylic acids is 2. The lowest BCUT2D eigenvalue weighted by Gasteiger charge is -2.59. The smallest absolute Gasteiger partial charge is 0.320 e. The van der Waals surface area contributed by atoms with Gasteiger partial charge in [-0.3, -0.25) is 15.0 Å². The third-order valence-corrected chi connectivity index (χ3v) is 13.2. The quantitative estimate of drug-likeness (QED) is 0.355. The van der Waals surface area contributed by atoms with Gasteiger partial charge < -0.3 is 25.8 Å². The summed E-state index contributed by atoms with van der Waals surface area (Å²) >= 11 is 1.96. The predicted octanol–water partition coefficient (Wildman–Crippen LogP) is 2.44. The molecule has 3 amide bonds. The summed E-state index contributed by atoms with van der Waals surface area (Å²) < 4.78 is 32.5. The van der Waals surface area contributed by atoms with E-state index in [0.29, 0.717) is 25.4 Å². The molecule has 12 heteroatoms. The Bertz CT molecular complexity index is 1100. The molecule has 5 saturated heterocycles. The molecule has 0 spiro atoms. The van der Waals surface area contributed by atoms with E-state index in [4.69, 9.17) is 0 Å². The number of hydrogen-bond donors (Lipinski definition) is 4. The molecule has 9 nitrogen and oxygen atoms in total. The van der Waals surface area contributed by atoms with Crippen molar-refractivity contribution in [3.63, 3.8) is 0 Å². The van der Waals surface area contributed by atoms with E-state index >= 15 is 8.78 Å². The van der Waals surface area contributed by atoms with Crippen LogP contribution in [0.3, 0.4) is 0 Å². The van der Waals surface area contributed by atoms with Gasteiger partial charge in [0.2, 0.25) is 5.91 Å². The molecule has 7 fully saturated rings. The van der Waals surface area contributed by atoms with Crippen LogP contribution in [0.1, 0.15) is 58.8 Å². The molecular weight excluding hydrogens is 584 g/mol. The van der Waals surface area contributed by atoms with Crippen LogP contribution in [0.2, 0.25) is 0 Å². The van der Waals surface area contributed by atoms with Crippen LogP contribution in [0, 0.1) is 17.8 Å². The maximum Gasteiger partial charge on any atom is 0.320 e. The number of urea groups is 1. The maximum absolute atomic E-state index is 16.6. The molecule has 246 valence electrons. The standard InChI is InChI=1S/C32H51F2N7O2S/c1-4-25(42)39-12-13-40(23-16-22(23)39)30-18-15-20(34)28-26-19(33)7-5-8-21(26)35-10-6-14-44-24-9-11-36-27(17(2)3)29(24)41(31(18)37-28)32(43)38-30/h4,17-24,26-31,35-37H,1,5-16H2,2-3H3,(H,38,43)/t18?,19?,20?,21?,22-,23?,24?,26?,27?,28?,29?,30?,31?/m1/s1. The van der Waals surface area contributed by atoms with E-state index in [1.165, 1.54) is 6.08 Å². The fourth-order valence-corrected chi connectivity index (χ4v) is 11.1. The SMILES string of the molecule is C=CC(=O)N1CCN(C2NC(=O)N3C4NC(C(F)CC24)C2C(F)CCCC2NCCCSC2CCNC(C(C)C)C23)C2C[C@H]21. The van der Waals surface area contributed by atoms with E-state index in [1.807, 2.05) is 21.6 Å². The minimum atomic E-state index is -1.22. The lowest BCUT2D eigenvalue weighted by Crippen LogP contribution is -2.80. The Morgan fingerprint density at radius 2 is 1.86 bits per heavy atom. The third kappa shape index (κ3) is 5.48. The summed E-state index contributed by atoms with van der Waals surface area (Å²) in [4.78, 5) is 33.2. The number of piperazine rings is 1. The van der Waals surface area contributed by atoms with Gasteiger partial charge in [-0.15, -0.1) is 0 Å². The number of rotatable bonds is 3. The third-order valence-electron chi connectivity index (χ3n) is 11.8. The molecule has 7 aliphatic rings. The van der Waals surface area contributed by atoms with Gasteiger partial charge in [-0.1, -0.05) is 20.4 Å². The Morgan fingerprint density at radius 1 is 1.02 bits per heavy atom. The number of nitrogens with zero attached hydrogens (tertiary/aromatic N) is 3. The van der Waals surface area contributed by atoms with Crippen molar-refractivity contribution < 1.29 is 18.4 Å². The van der Waals surface area contributed by atoms with Crippen molar-refractivity contribution in [2.24, 2.45) is 17.8 Å². The maximum atomic E-state index is 16.6. The van der Waals surface area contributed by atoms with Gasteiger partial charge in [0.25, 0.3) is 0 Å². The average molecular weight is 636 g/mol. The molecule has 0 aromatic rings. The minimum absolute atomic E-state index is 0.0540. The van der Waals surface area contributed by atoms with Gasteiger partial charge >= 0.3 is 6.03 Å². The van der Waals surface area contributed by atoms with Crippen LogP contribution < -0.4 is 21.3 Å². The highest BCUT2D eigenvalue weighted by Gasteiger charge is 2.60. The van der Waals surface area contributed by atoms with E-state index in [0.717, 1.165) is 50.9 Å². The molecule has 13 atom stereocenters. The minimum Gasteiger partial charge on any atom is -0.333 e. The Labute approximate surface area is 265 Å². The monoisotopic (exact) mass is 635 g/mol. The van der Waals surface area contributed by atoms with Crippen molar-refractivity contribution in [3.05, 3.63) is 12.7 Å². The van der Waals surface area contributed by atoms with Crippen molar-refractivity contribution in [1.29, 1.82) is 0 Å². The summed E-state index contributed by atoms with van der Waals surface area (Å²) in [5.41, 5.74) is 0. The fourth-order valence-electron chi connectivity index (χ4n) is 9.69. The molecular formula is C32H51F2N7O2S. The second-order valence-electron chi connectivity index (χ2n) is 14.5. The first-order valence-electron chi connectivity index (χ1n) is 17.2. The van der Waals surface area contributed by atoms with Gasteiger partial charge in [-0.05, 0) is 75.8 Å². The highest BCUT2D eigenvalue weighted by atomic mass is 32.2. The first kappa shape index (κ1) is 31.1. The zero-order valence-electron chi connectivity index (χ0n) is 26.2. The Kier molecular flexibility index (Phi) is 8.93. The van der Waals surface area contributed by atoms with E-state index in [2.05, 4.69) is 46.6 Å². The van der Waals surface area contributed by atoms with Crippen LogP contribution >= 0.6 is 11.8 Å². The number of piperidine rings is 2. The van der Waals surface area contributed by atoms with Gasteiger partial charge in [-0.25, -0.2) is 13.6 Å². The van der Waals surface area contributed by atoms with Gasteiger partial charge in [0.05, 0.1) is 18.4 Å². The van der Waals surface area contributed by atoms with Crippen LogP contribution in [0.5, 0.6) is 0 Å². The Hall–Kier alpha value is -1.47. The molecule has 5 heterocycles. The number of alkyl halides is 2. The van der Waals surface area contributed by atoms with Gasteiger partial charge in [0.15, 0.2) is 0 Å². The van der Waals surface area contributed by atoms with Gasteiger partial charge in [-0.2, -0.15) is 11.8 Å². The van der Waals surface area contributed by atoms with Crippen molar-refractivity contribution in [2.75, 3.05) is 31.9 Å². The van der Waals surface area contributed by atoms with Crippen LogP contribution in [0.4, 0.5) is 13.6 Å². The predicted molar refractivity (Wildman–Crippen MR) is 169 cm³/mol. The van der Waals surface area contributed by atoms with Crippen molar-refractivity contribution in [3.8, 4) is 0 Å². The first-order chi connectivity index (χ1) is 21.3. The molecule has 0 radical (unpaired) electrons. The molecule has 2 saturated carbocycles. The summed E-state index contributed by atoms with van der Waals surface area (Å²) in [6.07, 6.45) is 3.51. The number of fused-ring (bicyclic) bond motifs is 6. The molecule has 7 rings (SSSR count). The zero-order chi connectivity index (χ0) is 30.7. The number of halogens is 2. The summed E-state index contributed by atoms with van der Waals surface area (Å²) in [5.74, 6) is 0.544. The second-order valence-corrected chi connectivity index (χ2v) is 15.9. The molecule has 0 aromatic heterocycles. The van der Waals surface area contributed by atoms with E-state index in [-0.39, 0.29) is 65.9 Å². The molecule has 44 heavy (non-hydrogen) atoms. The highest BCUT2D eigenvalue weighted by Crippen LogP contribution is 2.45. The van der Waals surface area contributed by atoms with E-state index < -0.39 is 30.5 Å². The van der Waals surface area contributed by atoms with Crippen LogP contribution in [-0.2, 0) is 4.79 Å². The van der Waals surface area contributed by atoms with Gasteiger partial charge in [0.1, 0.15) is 12.3 Å². The van der Waals surface area contributed by atoms with E-state index in [9.17, 15) is 9.59 Å². The number of thioether (sulfide) groups is 1. The van der Waals surface area contributed by atoms with Crippen molar-refractivity contribution in [1.82, 2.24) is 36.0 Å². The molecule has 2 aliphatic carbocycles. The van der Waals surface area contributed by atoms with Gasteiger partial charge in [0, 0.05) is 60.4 Å². The Morgan fingerprint density at radius 3 is 2.66 bits per heavy atom.